The zero-order valence-corrected chi connectivity index (χ0v) is 20.9. The highest BCUT2D eigenvalue weighted by Gasteiger charge is 2.14. The first kappa shape index (κ1) is 25.9. The highest BCUT2D eigenvalue weighted by atomic mass is 16.6. The number of carbonyl (C=O) groups is 1. The van der Waals surface area contributed by atoms with Crippen LogP contribution < -0.4 is 4.74 Å². The van der Waals surface area contributed by atoms with E-state index in [0.29, 0.717) is 19.8 Å². The van der Waals surface area contributed by atoms with Crippen molar-refractivity contribution < 1.29 is 19.4 Å². The summed E-state index contributed by atoms with van der Waals surface area (Å²) < 4.78 is 11.1. The Kier molecular flexibility index (Phi) is 9.79. The summed E-state index contributed by atoms with van der Waals surface area (Å²) in [5.41, 5.74) is 5.64. The summed E-state index contributed by atoms with van der Waals surface area (Å²) in [5, 5.41) is 9.80. The van der Waals surface area contributed by atoms with Crippen LogP contribution in [0.3, 0.4) is 0 Å². The summed E-state index contributed by atoms with van der Waals surface area (Å²) in [6.07, 6.45) is 2.39. The number of unbranched alkanes of at least 4 members (excludes halogenated alkanes) is 1. The molecule has 0 radical (unpaired) electrons. The van der Waals surface area contributed by atoms with Crippen molar-refractivity contribution in [3.63, 3.8) is 0 Å². The summed E-state index contributed by atoms with van der Waals surface area (Å²) in [6, 6.07) is 25.7. The molecule has 1 amide bonds. The van der Waals surface area contributed by atoms with Gasteiger partial charge in [0.25, 0.3) is 0 Å². The molecule has 0 aliphatic carbocycles. The molecule has 184 valence electrons. The first-order chi connectivity index (χ1) is 17.0. The van der Waals surface area contributed by atoms with E-state index in [9.17, 15) is 9.90 Å². The van der Waals surface area contributed by atoms with Crippen LogP contribution in [-0.4, -0.2) is 42.9 Å². The third-order valence-corrected chi connectivity index (χ3v) is 5.81. The maximum Gasteiger partial charge on any atom is 0.409 e. The first-order valence-corrected chi connectivity index (χ1v) is 12.2. The van der Waals surface area contributed by atoms with Gasteiger partial charge in [0, 0.05) is 7.05 Å². The van der Waals surface area contributed by atoms with Gasteiger partial charge in [-0.3, -0.25) is 0 Å². The second kappa shape index (κ2) is 13.2. The molecule has 5 heteroatoms. The average molecular weight is 474 g/mol. The van der Waals surface area contributed by atoms with Gasteiger partial charge in [0.2, 0.25) is 0 Å². The Morgan fingerprint density at radius 2 is 1.46 bits per heavy atom. The van der Waals surface area contributed by atoms with E-state index >= 15 is 0 Å². The second-order valence-electron chi connectivity index (χ2n) is 8.38. The van der Waals surface area contributed by atoms with E-state index in [1.807, 2.05) is 42.5 Å². The molecule has 0 aromatic heterocycles. The average Bonchev–Trinajstić information content (AvgIpc) is 2.89. The molecule has 3 rings (SSSR count). The molecule has 0 bridgehead atoms. The van der Waals surface area contributed by atoms with Crippen molar-refractivity contribution >= 4 is 17.2 Å². The lowest BCUT2D eigenvalue weighted by Gasteiger charge is -2.18. The molecule has 0 saturated heterocycles. The fourth-order valence-electron chi connectivity index (χ4n) is 3.83. The summed E-state index contributed by atoms with van der Waals surface area (Å²) in [4.78, 5) is 13.5. The zero-order valence-electron chi connectivity index (χ0n) is 20.9. The monoisotopic (exact) mass is 473 g/mol. The van der Waals surface area contributed by atoms with E-state index < -0.39 is 0 Å². The van der Waals surface area contributed by atoms with Crippen LogP contribution in [-0.2, 0) is 4.74 Å². The van der Waals surface area contributed by atoms with E-state index in [0.717, 1.165) is 41.7 Å². The van der Waals surface area contributed by atoms with E-state index in [-0.39, 0.29) is 11.8 Å². The third-order valence-electron chi connectivity index (χ3n) is 5.81. The molecule has 0 fully saturated rings. The number of hydrogen-bond acceptors (Lipinski definition) is 4. The van der Waals surface area contributed by atoms with E-state index in [2.05, 4.69) is 38.1 Å². The number of nitrogens with zero attached hydrogens (tertiary/aromatic N) is 1. The number of carbonyl (C=O) groups excluding carboxylic acids is 1. The molecular weight excluding hydrogens is 438 g/mol. The van der Waals surface area contributed by atoms with Gasteiger partial charge in [-0.1, -0.05) is 74.9 Å². The Morgan fingerprint density at radius 1 is 0.829 bits per heavy atom. The van der Waals surface area contributed by atoms with Gasteiger partial charge < -0.3 is 19.5 Å². The fraction of sp³-hybridized carbons (Fsp3) is 0.300. The Balaban J connectivity index is 1.76. The predicted octanol–water partition coefficient (Wildman–Crippen LogP) is 7.01. The van der Waals surface area contributed by atoms with Gasteiger partial charge in [-0.05, 0) is 64.9 Å². The number of phenols is 1. The van der Waals surface area contributed by atoms with Gasteiger partial charge in [-0.15, -0.1) is 0 Å². The highest BCUT2D eigenvalue weighted by molar-refractivity contribution is 5.98. The topological polar surface area (TPSA) is 59.0 Å². The maximum absolute atomic E-state index is 12.0. The van der Waals surface area contributed by atoms with Crippen LogP contribution in [0.25, 0.3) is 11.1 Å². The number of rotatable bonds is 11. The van der Waals surface area contributed by atoms with E-state index in [4.69, 9.17) is 9.47 Å². The number of phenolic OH excluding ortho intramolecular Hbond substituents is 1. The zero-order chi connectivity index (χ0) is 25.0. The minimum Gasteiger partial charge on any atom is -0.508 e. The van der Waals surface area contributed by atoms with Crippen LogP contribution in [0.1, 0.15) is 49.8 Å². The first-order valence-electron chi connectivity index (χ1n) is 12.2. The minimum absolute atomic E-state index is 0.244. The van der Waals surface area contributed by atoms with Gasteiger partial charge in [0.05, 0.1) is 13.2 Å². The maximum atomic E-state index is 12.0. The largest absolute Gasteiger partial charge is 0.508 e. The van der Waals surface area contributed by atoms with Crippen molar-refractivity contribution in [2.24, 2.45) is 0 Å². The number of benzene rings is 3. The number of ether oxygens (including phenoxy) is 2. The quantitative estimate of drug-likeness (QED) is 0.240. The smallest absolute Gasteiger partial charge is 0.409 e. The summed E-state index contributed by atoms with van der Waals surface area (Å²) in [7, 11) is 1.71. The molecule has 0 heterocycles. The molecule has 0 spiro atoms. The Labute approximate surface area is 208 Å². The van der Waals surface area contributed by atoms with Gasteiger partial charge in [0.1, 0.15) is 18.1 Å². The summed E-state index contributed by atoms with van der Waals surface area (Å²) in [6.45, 7) is 5.49. The molecule has 35 heavy (non-hydrogen) atoms. The van der Waals surface area contributed by atoms with Crippen molar-refractivity contribution in [2.75, 3.05) is 26.8 Å². The Bertz CT molecular complexity index is 1090. The molecule has 1 N–H and O–H groups in total. The van der Waals surface area contributed by atoms with Crippen LogP contribution in [0, 0.1) is 0 Å². The van der Waals surface area contributed by atoms with Crippen LogP contribution >= 0.6 is 0 Å². The van der Waals surface area contributed by atoms with E-state index in [1.54, 1.807) is 19.2 Å². The fourth-order valence-corrected chi connectivity index (χ4v) is 3.83. The lowest BCUT2D eigenvalue weighted by atomic mass is 9.88. The minimum atomic E-state index is -0.325. The predicted molar refractivity (Wildman–Crippen MR) is 142 cm³/mol. The number of aromatic hydroxyl groups is 1. The van der Waals surface area contributed by atoms with E-state index in [1.165, 1.54) is 16.0 Å². The Morgan fingerprint density at radius 3 is 2.06 bits per heavy atom. The SMILES string of the molecule is CCCCOC(=O)N(C)CCOc1ccc(/C(=C(/CC)c2ccccc2)c2ccc(O)cc2)cc1. The van der Waals surface area contributed by atoms with Crippen LogP contribution in [0.5, 0.6) is 11.5 Å². The molecule has 3 aromatic rings. The van der Waals surface area contributed by atoms with Crippen molar-refractivity contribution in [3.8, 4) is 11.5 Å². The molecule has 3 aromatic carbocycles. The summed E-state index contributed by atoms with van der Waals surface area (Å²) in [5.74, 6) is 0.984. The van der Waals surface area contributed by atoms with Crippen LogP contribution in [0.4, 0.5) is 4.79 Å². The highest BCUT2D eigenvalue weighted by Crippen LogP contribution is 2.35. The van der Waals surface area contributed by atoms with Gasteiger partial charge in [0.15, 0.2) is 0 Å². The molecule has 0 saturated carbocycles. The van der Waals surface area contributed by atoms with Gasteiger partial charge in [-0.2, -0.15) is 0 Å². The standard InChI is InChI=1S/C30H35NO4/c1-4-6-21-35-30(33)31(3)20-22-34-27-18-14-25(15-19-27)29(24-12-16-26(32)17-13-24)28(5-2)23-10-8-7-9-11-23/h7-19,32H,4-6,20-22H2,1-3H3/b29-28-. The van der Waals surface area contributed by atoms with Crippen molar-refractivity contribution in [3.05, 3.63) is 95.6 Å². The number of likely N-dealkylation sites (N-methyl/N-ethyl adjacent to an activating group) is 1. The lowest BCUT2D eigenvalue weighted by Crippen LogP contribution is -2.31. The molecular formula is C30H35NO4. The van der Waals surface area contributed by atoms with Crippen LogP contribution in [0.2, 0.25) is 0 Å². The molecule has 0 aliphatic rings. The van der Waals surface area contributed by atoms with Crippen molar-refractivity contribution in [1.82, 2.24) is 4.90 Å². The normalized spacial score (nSPS) is 11.5. The third kappa shape index (κ3) is 7.38. The molecule has 5 nitrogen and oxygen atoms in total. The van der Waals surface area contributed by atoms with Gasteiger partial charge >= 0.3 is 6.09 Å². The Hall–Kier alpha value is -3.73. The van der Waals surface area contributed by atoms with Gasteiger partial charge in [-0.25, -0.2) is 4.79 Å². The molecule has 0 aliphatic heterocycles. The van der Waals surface area contributed by atoms with Crippen molar-refractivity contribution in [1.29, 1.82) is 0 Å². The van der Waals surface area contributed by atoms with Crippen molar-refractivity contribution in [2.45, 2.75) is 33.1 Å². The summed E-state index contributed by atoms with van der Waals surface area (Å²) >= 11 is 0. The lowest BCUT2D eigenvalue weighted by molar-refractivity contribution is 0.104. The number of allylic oxidation sites excluding steroid dienone is 1. The van der Waals surface area contributed by atoms with Crippen LogP contribution in [0.15, 0.2) is 78.9 Å². The number of amides is 1. The molecule has 0 atom stereocenters. The second-order valence-corrected chi connectivity index (χ2v) is 8.38. The number of hydrogen-bond donors (Lipinski definition) is 1. The molecule has 0 unspecified atom stereocenters.